The van der Waals surface area contributed by atoms with Gasteiger partial charge in [0.05, 0.1) is 24.7 Å². The van der Waals surface area contributed by atoms with E-state index in [1.807, 2.05) is 0 Å². The maximum Gasteiger partial charge on any atom is 0.305 e. The van der Waals surface area contributed by atoms with Gasteiger partial charge in [0.25, 0.3) is 0 Å². The third-order valence-electron chi connectivity index (χ3n) is 12.7. The van der Waals surface area contributed by atoms with Gasteiger partial charge in [-0.15, -0.1) is 0 Å². The summed E-state index contributed by atoms with van der Waals surface area (Å²) in [7, 11) is -6.21. The number of benzene rings is 1. The van der Waals surface area contributed by atoms with E-state index < -0.39 is 30.9 Å². The van der Waals surface area contributed by atoms with Crippen molar-refractivity contribution in [3.05, 3.63) is 48.0 Å². The molecular weight excluding hydrogens is 699 g/mol. The lowest BCUT2D eigenvalue weighted by atomic mass is 9.85. The van der Waals surface area contributed by atoms with E-state index in [0.29, 0.717) is 18.3 Å². The highest BCUT2D eigenvalue weighted by Gasteiger charge is 2.51. The highest BCUT2D eigenvalue weighted by Crippen LogP contribution is 2.50. The quantitative estimate of drug-likeness (QED) is 0.0825. The Morgan fingerprint density at radius 3 is 1.81 bits per heavy atom. The zero-order valence-electron chi connectivity index (χ0n) is 35.8. The first-order valence-corrected chi connectivity index (χ1v) is 28.6. The molecule has 1 fully saturated rings. The fraction of sp³-hybridized carbons (Fsp3) is 0.762. The fourth-order valence-corrected chi connectivity index (χ4v) is 10.3. The Morgan fingerprint density at radius 2 is 1.31 bits per heavy atom. The van der Waals surface area contributed by atoms with Crippen molar-refractivity contribution in [3.8, 4) is 0 Å². The highest BCUT2D eigenvalue weighted by molar-refractivity contribution is 6.75. The van der Waals surface area contributed by atoms with Crippen LogP contribution in [0.2, 0.25) is 54.4 Å². The predicted molar refractivity (Wildman–Crippen MR) is 225 cm³/mol. The van der Waals surface area contributed by atoms with E-state index in [4.69, 9.17) is 18.4 Å². The first-order valence-electron chi connectivity index (χ1n) is 19.9. The van der Waals surface area contributed by atoms with Gasteiger partial charge in [0, 0.05) is 13.0 Å². The van der Waals surface area contributed by atoms with Crippen LogP contribution >= 0.6 is 0 Å². The van der Waals surface area contributed by atoms with Gasteiger partial charge in [-0.1, -0.05) is 105 Å². The van der Waals surface area contributed by atoms with Crippen LogP contribution in [-0.2, 0) is 22.9 Å². The standard InChI is InChI=1S/C42H77NO6Si3/c1-40(2,3)50(10,11)47-35(32-23-19-18-20-24-32)28-27-34-33(25-21-16-17-22-26-38(44)43-30-29-39(45)46)36(48-51(12,13)41(4,5)6)31-37(34)49-52(14,15)42(7,8)9/h16,18-21,23-24,33-37H,17,22,25-31H2,1-15H3,(H,43,44)(H,45,46)/b21-16-/t33-,34-,35+,36+,37-/m1/s1. The van der Waals surface area contributed by atoms with Crippen LogP contribution in [-0.4, -0.2) is 60.7 Å². The summed E-state index contributed by atoms with van der Waals surface area (Å²) in [5.74, 6) is -0.363. The van der Waals surface area contributed by atoms with Crippen LogP contribution in [0.15, 0.2) is 42.5 Å². The van der Waals surface area contributed by atoms with Crippen LogP contribution in [0.5, 0.6) is 0 Å². The molecule has 2 rings (SSSR count). The summed E-state index contributed by atoms with van der Waals surface area (Å²) in [6, 6.07) is 10.8. The van der Waals surface area contributed by atoms with Gasteiger partial charge in [0.15, 0.2) is 25.0 Å². The number of amides is 1. The summed E-state index contributed by atoms with van der Waals surface area (Å²) in [5.41, 5.74) is 1.25. The number of hydrogen-bond acceptors (Lipinski definition) is 5. The van der Waals surface area contributed by atoms with Gasteiger partial charge in [0.1, 0.15) is 0 Å². The molecule has 0 saturated heterocycles. The van der Waals surface area contributed by atoms with Gasteiger partial charge < -0.3 is 23.7 Å². The number of aliphatic carboxylic acids is 1. The van der Waals surface area contributed by atoms with E-state index in [1.165, 1.54) is 5.56 Å². The SMILES string of the molecule is CC(C)(C)[Si](C)(C)O[C@@H](CC[C@@H]1[C@@H](C/C=C\CCCC(=O)NCCC(=O)O)[C@@H](O[Si](C)(C)C(C)(C)C)C[C@H]1O[Si](C)(C)C(C)(C)C)c1ccccc1. The van der Waals surface area contributed by atoms with Crippen LogP contribution in [0.4, 0.5) is 0 Å². The van der Waals surface area contributed by atoms with Crippen LogP contribution in [0.25, 0.3) is 0 Å². The Labute approximate surface area is 321 Å². The number of carbonyl (C=O) groups is 2. The lowest BCUT2D eigenvalue weighted by molar-refractivity contribution is -0.136. The molecule has 298 valence electrons. The van der Waals surface area contributed by atoms with Crippen molar-refractivity contribution >= 4 is 36.8 Å². The van der Waals surface area contributed by atoms with E-state index in [1.54, 1.807) is 0 Å². The minimum Gasteiger partial charge on any atom is -0.481 e. The Morgan fingerprint density at radius 1 is 0.788 bits per heavy atom. The minimum atomic E-state index is -2.08. The molecule has 1 aliphatic rings. The van der Waals surface area contributed by atoms with Crippen LogP contribution in [0, 0.1) is 11.8 Å². The first kappa shape index (κ1) is 46.6. The number of unbranched alkanes of at least 4 members (excludes halogenated alkanes) is 1. The van der Waals surface area contributed by atoms with E-state index in [0.717, 1.165) is 38.5 Å². The zero-order chi connectivity index (χ0) is 39.8. The van der Waals surface area contributed by atoms with Gasteiger partial charge in [-0.3, -0.25) is 9.59 Å². The molecule has 1 amide bonds. The average molecular weight is 776 g/mol. The number of allylic oxidation sites excluding steroid dienone is 2. The molecule has 5 atom stereocenters. The van der Waals surface area contributed by atoms with Crippen LogP contribution in [0.3, 0.4) is 0 Å². The van der Waals surface area contributed by atoms with E-state index in [-0.39, 0.29) is 52.3 Å². The fourth-order valence-electron chi connectivity index (χ4n) is 6.22. The molecule has 7 nitrogen and oxygen atoms in total. The normalized spacial score (nSPS) is 21.4. The molecule has 0 radical (unpaired) electrons. The molecule has 2 N–H and O–H groups in total. The Bertz CT molecular complexity index is 1290. The van der Waals surface area contributed by atoms with E-state index in [2.05, 4.69) is 149 Å². The Hall–Kier alpha value is -1.57. The molecule has 52 heavy (non-hydrogen) atoms. The van der Waals surface area contributed by atoms with E-state index in [9.17, 15) is 9.59 Å². The minimum absolute atomic E-state index is 0.0220. The number of rotatable bonds is 19. The Balaban J connectivity index is 2.44. The van der Waals surface area contributed by atoms with Gasteiger partial charge in [0.2, 0.25) is 5.91 Å². The second-order valence-corrected chi connectivity index (χ2v) is 34.1. The van der Waals surface area contributed by atoms with E-state index >= 15 is 0 Å². The molecule has 0 aliphatic heterocycles. The van der Waals surface area contributed by atoms with Gasteiger partial charge in [-0.2, -0.15) is 0 Å². The molecule has 0 heterocycles. The number of carbonyl (C=O) groups excluding carboxylic acids is 1. The lowest BCUT2D eigenvalue weighted by Crippen LogP contribution is -2.45. The van der Waals surface area contributed by atoms with Gasteiger partial charge in [-0.25, -0.2) is 0 Å². The molecule has 0 bridgehead atoms. The molecule has 1 saturated carbocycles. The molecule has 0 spiro atoms. The van der Waals surface area contributed by atoms with Crippen molar-refractivity contribution in [3.63, 3.8) is 0 Å². The number of nitrogens with one attached hydrogen (secondary N) is 1. The third kappa shape index (κ3) is 13.9. The molecule has 1 aromatic rings. The summed E-state index contributed by atoms with van der Waals surface area (Å²) in [6.07, 6.45) is 10.4. The van der Waals surface area contributed by atoms with Crippen molar-refractivity contribution in [2.24, 2.45) is 11.8 Å². The number of hydrogen-bond donors (Lipinski definition) is 2. The lowest BCUT2D eigenvalue weighted by Gasteiger charge is -2.41. The molecule has 10 heteroatoms. The summed E-state index contributed by atoms with van der Waals surface area (Å²) >= 11 is 0. The van der Waals surface area contributed by atoms with Crippen molar-refractivity contribution in [1.29, 1.82) is 0 Å². The second-order valence-electron chi connectivity index (χ2n) is 19.8. The van der Waals surface area contributed by atoms with Gasteiger partial charge >= 0.3 is 5.97 Å². The second kappa shape index (κ2) is 18.8. The zero-order valence-corrected chi connectivity index (χ0v) is 38.8. The molecule has 1 aliphatic carbocycles. The van der Waals surface area contributed by atoms with Crippen LogP contribution in [0.1, 0.15) is 125 Å². The molecule has 0 unspecified atom stereocenters. The first-order chi connectivity index (χ1) is 23.7. The number of carboxylic acid groups (broad SMARTS) is 1. The predicted octanol–water partition coefficient (Wildman–Crippen LogP) is 11.7. The summed E-state index contributed by atoms with van der Waals surface area (Å²) in [6.45, 7) is 35.3. The summed E-state index contributed by atoms with van der Waals surface area (Å²) in [4.78, 5) is 23.0. The monoisotopic (exact) mass is 776 g/mol. The average Bonchev–Trinajstić information content (AvgIpc) is 3.29. The maximum absolute atomic E-state index is 12.2. The van der Waals surface area contributed by atoms with Crippen molar-refractivity contribution in [2.45, 2.75) is 186 Å². The summed E-state index contributed by atoms with van der Waals surface area (Å²) < 4.78 is 21.9. The van der Waals surface area contributed by atoms with Crippen molar-refractivity contribution in [1.82, 2.24) is 5.32 Å². The Kier molecular flexibility index (Phi) is 16.9. The molecule has 0 aromatic heterocycles. The maximum atomic E-state index is 12.2. The van der Waals surface area contributed by atoms with Crippen molar-refractivity contribution < 1.29 is 28.0 Å². The van der Waals surface area contributed by atoms with Gasteiger partial charge in [-0.05, 0) is 110 Å². The molecular formula is C42H77NO6Si3. The topological polar surface area (TPSA) is 94.1 Å². The smallest absolute Gasteiger partial charge is 0.305 e. The van der Waals surface area contributed by atoms with Crippen molar-refractivity contribution in [2.75, 3.05) is 6.54 Å². The van der Waals surface area contributed by atoms with Crippen LogP contribution < -0.4 is 5.32 Å². The highest BCUT2D eigenvalue weighted by atomic mass is 28.4. The third-order valence-corrected chi connectivity index (χ3v) is 26.2. The number of carboxylic acids is 1. The molecule has 1 aromatic carbocycles. The summed E-state index contributed by atoms with van der Waals surface area (Å²) in [5, 5.41) is 11.9. The largest absolute Gasteiger partial charge is 0.481 e.